The van der Waals surface area contributed by atoms with E-state index in [0.29, 0.717) is 16.7 Å². The number of aryl methyl sites for hydroxylation is 1. The third-order valence-electron chi connectivity index (χ3n) is 5.47. The minimum atomic E-state index is -0.136. The van der Waals surface area contributed by atoms with E-state index in [1.807, 2.05) is 26.0 Å². The molecular formula is C21H26N4O3S. The maximum atomic E-state index is 12.3. The number of nitrogens with one attached hydrogen (secondary N) is 1. The molecule has 8 heteroatoms. The normalized spacial score (nSPS) is 16.1. The van der Waals surface area contributed by atoms with E-state index in [1.165, 1.54) is 21.4 Å². The van der Waals surface area contributed by atoms with Crippen molar-refractivity contribution in [2.45, 2.75) is 38.5 Å². The number of hydrogen-bond donors (Lipinski definition) is 1. The first kappa shape index (κ1) is 19.8. The van der Waals surface area contributed by atoms with Gasteiger partial charge in [-0.1, -0.05) is 30.4 Å². The number of benzene rings is 1. The van der Waals surface area contributed by atoms with Gasteiger partial charge in [0.05, 0.1) is 6.61 Å². The SMILES string of the molecule is CCOc1ccc(C2(CNc3nn4c(=O)cc(CC)nc4s3)CCOCC2)cc1. The van der Waals surface area contributed by atoms with Crippen LogP contribution in [0.4, 0.5) is 5.13 Å². The zero-order valence-electron chi connectivity index (χ0n) is 16.8. The molecule has 0 bridgehead atoms. The van der Waals surface area contributed by atoms with E-state index >= 15 is 0 Å². The second-order valence-electron chi connectivity index (χ2n) is 7.24. The molecule has 2 aromatic heterocycles. The standard InChI is InChI=1S/C21H26N4O3S/c1-3-16-13-18(26)25-20(23-16)29-19(24-25)22-14-21(9-11-27-12-10-21)15-5-7-17(8-6-15)28-4-2/h5-8,13H,3-4,9-12,14H2,1-2H3,(H,22,24). The summed E-state index contributed by atoms with van der Waals surface area (Å²) >= 11 is 1.41. The number of fused-ring (bicyclic) bond motifs is 1. The van der Waals surface area contributed by atoms with Gasteiger partial charge < -0.3 is 14.8 Å². The van der Waals surface area contributed by atoms with Gasteiger partial charge in [-0.2, -0.15) is 4.52 Å². The molecule has 3 aromatic rings. The number of aromatic nitrogens is 3. The van der Waals surface area contributed by atoms with Crippen LogP contribution < -0.4 is 15.6 Å². The van der Waals surface area contributed by atoms with Crippen LogP contribution in [0, 0.1) is 0 Å². The minimum absolute atomic E-state index is 0.0478. The fraction of sp³-hybridized carbons (Fsp3) is 0.476. The van der Waals surface area contributed by atoms with E-state index in [2.05, 4.69) is 27.5 Å². The van der Waals surface area contributed by atoms with E-state index in [0.717, 1.165) is 50.5 Å². The Morgan fingerprint density at radius 1 is 1.24 bits per heavy atom. The predicted octanol–water partition coefficient (Wildman–Crippen LogP) is 3.27. The first-order chi connectivity index (χ1) is 14.1. The van der Waals surface area contributed by atoms with Gasteiger partial charge in [-0.05, 0) is 43.9 Å². The zero-order chi connectivity index (χ0) is 20.3. The monoisotopic (exact) mass is 414 g/mol. The molecule has 0 amide bonds. The van der Waals surface area contributed by atoms with Crippen LogP contribution in [0.1, 0.15) is 37.9 Å². The summed E-state index contributed by atoms with van der Waals surface area (Å²) in [6.07, 6.45) is 2.58. The fourth-order valence-corrected chi connectivity index (χ4v) is 4.57. The number of rotatable bonds is 7. The number of anilines is 1. The smallest absolute Gasteiger partial charge is 0.275 e. The Morgan fingerprint density at radius 2 is 2.00 bits per heavy atom. The lowest BCUT2D eigenvalue weighted by Crippen LogP contribution is -2.40. The van der Waals surface area contributed by atoms with E-state index < -0.39 is 0 Å². The van der Waals surface area contributed by atoms with E-state index in [1.54, 1.807) is 6.07 Å². The van der Waals surface area contributed by atoms with E-state index in [-0.39, 0.29) is 11.0 Å². The zero-order valence-corrected chi connectivity index (χ0v) is 17.6. The van der Waals surface area contributed by atoms with Gasteiger partial charge in [0, 0.05) is 36.9 Å². The van der Waals surface area contributed by atoms with Crippen LogP contribution in [-0.4, -0.2) is 41.0 Å². The molecule has 1 aliphatic rings. The van der Waals surface area contributed by atoms with Crippen LogP contribution in [-0.2, 0) is 16.6 Å². The van der Waals surface area contributed by atoms with Gasteiger partial charge in [-0.25, -0.2) is 4.98 Å². The summed E-state index contributed by atoms with van der Waals surface area (Å²) < 4.78 is 12.6. The van der Waals surface area contributed by atoms with Crippen molar-refractivity contribution >= 4 is 21.4 Å². The summed E-state index contributed by atoms with van der Waals surface area (Å²) in [5.41, 5.74) is 1.87. The summed E-state index contributed by atoms with van der Waals surface area (Å²) in [5, 5.41) is 8.61. The molecule has 1 aromatic carbocycles. The summed E-state index contributed by atoms with van der Waals surface area (Å²) in [7, 11) is 0. The first-order valence-corrected chi connectivity index (χ1v) is 10.9. The Balaban J connectivity index is 1.58. The highest BCUT2D eigenvalue weighted by molar-refractivity contribution is 7.20. The molecule has 0 radical (unpaired) electrons. The maximum absolute atomic E-state index is 12.3. The van der Waals surface area contributed by atoms with Crippen molar-refractivity contribution in [2.24, 2.45) is 0 Å². The molecule has 0 saturated carbocycles. The summed E-state index contributed by atoms with van der Waals surface area (Å²) in [5.74, 6) is 0.884. The predicted molar refractivity (Wildman–Crippen MR) is 114 cm³/mol. The Hall–Kier alpha value is -2.45. The molecule has 154 valence electrons. The van der Waals surface area contributed by atoms with Gasteiger partial charge in [-0.15, -0.1) is 5.10 Å². The highest BCUT2D eigenvalue weighted by Crippen LogP contribution is 2.36. The van der Waals surface area contributed by atoms with E-state index in [9.17, 15) is 4.79 Å². The van der Waals surface area contributed by atoms with Crippen molar-refractivity contribution < 1.29 is 9.47 Å². The van der Waals surface area contributed by atoms with E-state index in [4.69, 9.17) is 9.47 Å². The Morgan fingerprint density at radius 3 is 2.69 bits per heavy atom. The molecular weight excluding hydrogens is 388 g/mol. The highest BCUT2D eigenvalue weighted by Gasteiger charge is 2.34. The quantitative estimate of drug-likeness (QED) is 0.639. The number of ether oxygens (including phenoxy) is 2. The number of hydrogen-bond acceptors (Lipinski definition) is 7. The maximum Gasteiger partial charge on any atom is 0.275 e. The molecule has 7 nitrogen and oxygen atoms in total. The van der Waals surface area contributed by atoms with Gasteiger partial charge in [0.25, 0.3) is 5.56 Å². The third kappa shape index (κ3) is 4.13. The molecule has 0 aliphatic carbocycles. The highest BCUT2D eigenvalue weighted by atomic mass is 32.1. The largest absolute Gasteiger partial charge is 0.494 e. The van der Waals surface area contributed by atoms with Crippen LogP contribution in [0.5, 0.6) is 5.75 Å². The second kappa shape index (κ2) is 8.51. The molecule has 0 unspecified atom stereocenters. The lowest BCUT2D eigenvalue weighted by Gasteiger charge is -2.38. The van der Waals surface area contributed by atoms with Crippen molar-refractivity contribution in [1.29, 1.82) is 0 Å². The molecule has 29 heavy (non-hydrogen) atoms. The Bertz CT molecular complexity index is 1020. The Labute approximate surface area is 173 Å². The average molecular weight is 415 g/mol. The van der Waals surface area contributed by atoms with Gasteiger partial charge in [-0.3, -0.25) is 4.79 Å². The van der Waals surface area contributed by atoms with Gasteiger partial charge in [0.1, 0.15) is 5.75 Å². The Kier molecular flexibility index (Phi) is 5.82. The second-order valence-corrected chi connectivity index (χ2v) is 8.20. The van der Waals surface area contributed by atoms with Gasteiger partial charge >= 0.3 is 0 Å². The van der Waals surface area contributed by atoms with Gasteiger partial charge in [0.2, 0.25) is 10.1 Å². The average Bonchev–Trinajstić information content (AvgIpc) is 3.17. The van der Waals surface area contributed by atoms with Crippen LogP contribution >= 0.6 is 11.3 Å². The van der Waals surface area contributed by atoms with Crippen LogP contribution in [0.25, 0.3) is 4.96 Å². The molecule has 1 saturated heterocycles. The molecule has 1 N–H and O–H groups in total. The molecule has 4 rings (SSSR count). The lowest BCUT2D eigenvalue weighted by molar-refractivity contribution is 0.0543. The van der Waals surface area contributed by atoms with Crippen LogP contribution in [0.15, 0.2) is 35.1 Å². The molecule has 0 atom stereocenters. The van der Waals surface area contributed by atoms with Crippen LogP contribution in [0.3, 0.4) is 0 Å². The topological polar surface area (TPSA) is 77.8 Å². The van der Waals surface area contributed by atoms with Gasteiger partial charge in [0.15, 0.2) is 0 Å². The summed E-state index contributed by atoms with van der Waals surface area (Å²) in [6.45, 7) is 6.82. The van der Waals surface area contributed by atoms with Crippen molar-refractivity contribution in [3.05, 3.63) is 51.9 Å². The fourth-order valence-electron chi connectivity index (χ4n) is 3.75. The molecule has 1 fully saturated rings. The minimum Gasteiger partial charge on any atom is -0.494 e. The summed E-state index contributed by atoms with van der Waals surface area (Å²) in [6, 6.07) is 9.91. The number of nitrogens with zero attached hydrogens (tertiary/aromatic N) is 3. The van der Waals surface area contributed by atoms with Crippen molar-refractivity contribution in [2.75, 3.05) is 31.7 Å². The lowest BCUT2D eigenvalue weighted by atomic mass is 9.74. The third-order valence-corrected chi connectivity index (χ3v) is 6.33. The summed E-state index contributed by atoms with van der Waals surface area (Å²) in [4.78, 5) is 17.4. The molecule has 3 heterocycles. The van der Waals surface area contributed by atoms with Crippen LogP contribution in [0.2, 0.25) is 0 Å². The molecule has 1 aliphatic heterocycles. The van der Waals surface area contributed by atoms with Crippen molar-refractivity contribution in [3.63, 3.8) is 0 Å². The first-order valence-electron chi connectivity index (χ1n) is 10.1. The van der Waals surface area contributed by atoms with Crippen molar-refractivity contribution in [1.82, 2.24) is 14.6 Å². The molecule has 0 spiro atoms. The van der Waals surface area contributed by atoms with Crippen molar-refractivity contribution in [3.8, 4) is 5.75 Å².